The third-order valence-electron chi connectivity index (χ3n) is 5.42. The van der Waals surface area contributed by atoms with Crippen molar-refractivity contribution in [1.29, 1.82) is 10.5 Å². The zero-order chi connectivity index (χ0) is 23.3. The Morgan fingerprint density at radius 3 is 2.55 bits per heavy atom. The number of para-hydroxylation sites is 1. The van der Waals surface area contributed by atoms with E-state index in [-0.39, 0.29) is 39.1 Å². The van der Waals surface area contributed by atoms with Crippen LogP contribution in [0.2, 0.25) is 0 Å². The zero-order valence-electron chi connectivity index (χ0n) is 17.2. The molecule has 0 aliphatic rings. The van der Waals surface area contributed by atoms with Gasteiger partial charge < -0.3 is 10.2 Å². The summed E-state index contributed by atoms with van der Waals surface area (Å²) in [6.45, 7) is 1.83. The predicted molar refractivity (Wildman–Crippen MR) is 121 cm³/mol. The number of hydrogen-bond donors (Lipinski definition) is 2. The Kier molecular flexibility index (Phi) is 4.33. The first kappa shape index (κ1) is 19.8. The van der Waals surface area contributed by atoms with Crippen LogP contribution in [0.1, 0.15) is 16.7 Å². The number of nitrogens with one attached hydrogen (secondary N) is 1. The van der Waals surface area contributed by atoms with E-state index in [1.165, 1.54) is 0 Å². The van der Waals surface area contributed by atoms with E-state index in [0.29, 0.717) is 16.8 Å². The number of H-pyrrole nitrogens is 1. The summed E-state index contributed by atoms with van der Waals surface area (Å²) in [5, 5.41) is 22.9. The van der Waals surface area contributed by atoms with Crippen molar-refractivity contribution in [2.24, 2.45) is 0 Å². The fourth-order valence-corrected chi connectivity index (χ4v) is 3.84. The van der Waals surface area contributed by atoms with E-state index in [1.54, 1.807) is 42.5 Å². The van der Waals surface area contributed by atoms with Crippen LogP contribution in [0.25, 0.3) is 39.1 Å². The molecule has 2 aromatic carbocycles. The smallest absolute Gasteiger partial charge is 0.289 e. The maximum Gasteiger partial charge on any atom is 0.289 e. The molecule has 0 spiro atoms. The molecule has 3 heterocycles. The van der Waals surface area contributed by atoms with E-state index < -0.39 is 11.0 Å². The Balaban J connectivity index is 1.91. The highest BCUT2D eigenvalue weighted by molar-refractivity contribution is 5.88. The minimum atomic E-state index is -0.751. The summed E-state index contributed by atoms with van der Waals surface area (Å²) >= 11 is 0. The van der Waals surface area contributed by atoms with Gasteiger partial charge in [0.25, 0.3) is 5.56 Å². The highest BCUT2D eigenvalue weighted by Gasteiger charge is 2.25. The number of fused-ring (bicyclic) bond motifs is 2. The van der Waals surface area contributed by atoms with Crippen molar-refractivity contribution in [2.75, 3.05) is 5.73 Å². The maximum atomic E-state index is 13.3. The number of pyridine rings is 1. The molecule has 33 heavy (non-hydrogen) atoms. The van der Waals surface area contributed by atoms with Crippen LogP contribution in [0, 0.1) is 29.6 Å². The molecular formula is C24H14N6O3. The Bertz CT molecular complexity index is 1810. The number of nitrogen functional groups attached to an aromatic ring is 1. The molecule has 0 saturated heterocycles. The topological polar surface area (TPSA) is 154 Å². The molecule has 0 atom stereocenters. The van der Waals surface area contributed by atoms with Crippen LogP contribution in [-0.2, 0) is 0 Å². The number of hydrogen-bond acceptors (Lipinski definition) is 7. The number of anilines is 1. The van der Waals surface area contributed by atoms with Gasteiger partial charge in [0, 0.05) is 16.8 Å². The number of benzene rings is 2. The normalized spacial score (nSPS) is 10.9. The minimum Gasteiger partial charge on any atom is -0.463 e. The first-order chi connectivity index (χ1) is 15.9. The quantitative estimate of drug-likeness (QED) is 0.405. The van der Waals surface area contributed by atoms with Gasteiger partial charge in [-0.05, 0) is 31.2 Å². The molecule has 158 valence electrons. The van der Waals surface area contributed by atoms with Gasteiger partial charge in [-0.15, -0.1) is 0 Å². The van der Waals surface area contributed by atoms with Gasteiger partial charge in [-0.3, -0.25) is 14.7 Å². The van der Waals surface area contributed by atoms with E-state index in [1.807, 2.05) is 19.1 Å². The van der Waals surface area contributed by atoms with Crippen molar-refractivity contribution < 1.29 is 4.42 Å². The second-order valence-corrected chi connectivity index (χ2v) is 7.45. The first-order valence-corrected chi connectivity index (χ1v) is 9.81. The SMILES string of the molecule is Cc1ccc2occ(-c3c(C#N)c(=O)n4[nH]c(-c5ccccc5N)nc4c3C#N)c(=O)c2c1. The number of nitriles is 2. The van der Waals surface area contributed by atoms with Gasteiger partial charge in [0.2, 0.25) is 5.43 Å². The third-order valence-corrected chi connectivity index (χ3v) is 5.42. The Hall–Kier alpha value is -5.15. The molecule has 3 N–H and O–H groups in total. The molecule has 0 aliphatic carbocycles. The molecule has 0 bridgehead atoms. The molecule has 5 aromatic rings. The van der Waals surface area contributed by atoms with Crippen molar-refractivity contribution in [3.63, 3.8) is 0 Å². The standard InChI is InChI=1S/C24H14N6O3/c1-12-6-7-19-14(8-12)21(31)17(11-33-19)20-15(9-25)23-28-22(13-4-2-3-5-18(13)27)29-30(23)24(32)16(20)10-26/h2-8,11H,27H2,1H3,(H,28,29). The Morgan fingerprint density at radius 2 is 1.82 bits per heavy atom. The zero-order valence-corrected chi connectivity index (χ0v) is 17.2. The van der Waals surface area contributed by atoms with Crippen LogP contribution >= 0.6 is 0 Å². The van der Waals surface area contributed by atoms with Crippen molar-refractivity contribution in [1.82, 2.24) is 14.6 Å². The molecular weight excluding hydrogens is 420 g/mol. The molecule has 9 nitrogen and oxygen atoms in total. The Morgan fingerprint density at radius 1 is 1.06 bits per heavy atom. The van der Waals surface area contributed by atoms with E-state index in [4.69, 9.17) is 10.2 Å². The van der Waals surface area contributed by atoms with Crippen LogP contribution in [0.4, 0.5) is 5.69 Å². The summed E-state index contributed by atoms with van der Waals surface area (Å²) in [5.41, 5.74) is 6.24. The second-order valence-electron chi connectivity index (χ2n) is 7.45. The number of aromatic amines is 1. The molecule has 0 saturated carbocycles. The lowest BCUT2D eigenvalue weighted by molar-refractivity contribution is 0.604. The van der Waals surface area contributed by atoms with Gasteiger partial charge in [-0.2, -0.15) is 15.0 Å². The van der Waals surface area contributed by atoms with Gasteiger partial charge in [0.1, 0.15) is 35.1 Å². The fraction of sp³-hybridized carbons (Fsp3) is 0.0417. The van der Waals surface area contributed by atoms with Crippen LogP contribution in [0.5, 0.6) is 0 Å². The average molecular weight is 434 g/mol. The summed E-state index contributed by atoms with van der Waals surface area (Å²) in [5.74, 6) is 0.240. The van der Waals surface area contributed by atoms with Crippen molar-refractivity contribution in [2.45, 2.75) is 6.92 Å². The summed E-state index contributed by atoms with van der Waals surface area (Å²) in [6.07, 6.45) is 1.16. The molecule has 0 radical (unpaired) electrons. The molecule has 5 rings (SSSR count). The summed E-state index contributed by atoms with van der Waals surface area (Å²) < 4.78 is 6.61. The summed E-state index contributed by atoms with van der Waals surface area (Å²) in [7, 11) is 0. The first-order valence-electron chi connectivity index (χ1n) is 9.81. The van der Waals surface area contributed by atoms with Gasteiger partial charge >= 0.3 is 0 Å². The van der Waals surface area contributed by atoms with Gasteiger partial charge in [-0.1, -0.05) is 23.8 Å². The lowest BCUT2D eigenvalue weighted by atomic mass is 9.97. The number of nitrogens with two attached hydrogens (primary N) is 1. The molecule has 0 amide bonds. The van der Waals surface area contributed by atoms with E-state index in [2.05, 4.69) is 10.1 Å². The lowest BCUT2D eigenvalue weighted by Gasteiger charge is -2.08. The summed E-state index contributed by atoms with van der Waals surface area (Å²) in [4.78, 5) is 30.9. The van der Waals surface area contributed by atoms with Crippen LogP contribution in [0.15, 0.2) is 62.7 Å². The molecule has 9 heteroatoms. The monoisotopic (exact) mass is 434 g/mol. The number of aryl methyl sites for hydroxylation is 1. The van der Waals surface area contributed by atoms with E-state index in [0.717, 1.165) is 16.3 Å². The van der Waals surface area contributed by atoms with Gasteiger partial charge in [-0.25, -0.2) is 4.98 Å². The summed E-state index contributed by atoms with van der Waals surface area (Å²) in [6, 6.07) is 15.8. The minimum absolute atomic E-state index is 0.0292. The predicted octanol–water partition coefficient (Wildman–Crippen LogP) is 3.10. The number of aromatic nitrogens is 3. The van der Waals surface area contributed by atoms with E-state index >= 15 is 0 Å². The second kappa shape index (κ2) is 7.22. The highest BCUT2D eigenvalue weighted by Crippen LogP contribution is 2.29. The largest absolute Gasteiger partial charge is 0.463 e. The number of nitrogens with zero attached hydrogens (tertiary/aromatic N) is 4. The van der Waals surface area contributed by atoms with Crippen molar-refractivity contribution >= 4 is 22.3 Å². The van der Waals surface area contributed by atoms with Gasteiger partial charge in [0.05, 0.1) is 10.9 Å². The fourth-order valence-electron chi connectivity index (χ4n) is 3.84. The molecule has 0 fully saturated rings. The Labute approximate surface area is 185 Å². The average Bonchev–Trinajstić information content (AvgIpc) is 3.25. The lowest BCUT2D eigenvalue weighted by Crippen LogP contribution is -2.21. The maximum absolute atomic E-state index is 13.3. The van der Waals surface area contributed by atoms with Crippen LogP contribution in [0.3, 0.4) is 0 Å². The van der Waals surface area contributed by atoms with E-state index in [9.17, 15) is 20.1 Å². The van der Waals surface area contributed by atoms with Crippen LogP contribution < -0.4 is 16.7 Å². The highest BCUT2D eigenvalue weighted by atomic mass is 16.3. The van der Waals surface area contributed by atoms with Crippen molar-refractivity contribution in [3.05, 3.63) is 86.0 Å². The number of rotatable bonds is 2. The van der Waals surface area contributed by atoms with Crippen molar-refractivity contribution in [3.8, 4) is 34.7 Å². The molecule has 0 aliphatic heterocycles. The molecule has 3 aromatic heterocycles. The molecule has 0 unspecified atom stereocenters. The van der Waals surface area contributed by atoms with Crippen LogP contribution in [-0.4, -0.2) is 14.6 Å². The third kappa shape index (κ3) is 2.88. The van der Waals surface area contributed by atoms with Gasteiger partial charge in [0.15, 0.2) is 11.5 Å².